The average molecular weight is 432 g/mol. The molecule has 0 saturated heterocycles. The van der Waals surface area contributed by atoms with Crippen molar-refractivity contribution >= 4 is 21.8 Å². The molecule has 0 spiro atoms. The summed E-state index contributed by atoms with van der Waals surface area (Å²) in [5.74, 6) is 0.606. The van der Waals surface area contributed by atoms with Crippen molar-refractivity contribution in [2.24, 2.45) is 0 Å². The number of sulfonamides is 1. The quantitative estimate of drug-likeness (QED) is 0.652. The van der Waals surface area contributed by atoms with E-state index in [4.69, 9.17) is 9.47 Å². The molecule has 8 nitrogen and oxygen atoms in total. The van der Waals surface area contributed by atoms with Gasteiger partial charge in [-0.1, -0.05) is 12.1 Å². The van der Waals surface area contributed by atoms with Crippen LogP contribution in [0.4, 0.5) is 0 Å². The second-order valence-corrected chi connectivity index (χ2v) is 8.77. The van der Waals surface area contributed by atoms with Gasteiger partial charge in [-0.2, -0.15) is 0 Å². The summed E-state index contributed by atoms with van der Waals surface area (Å²) in [6, 6.07) is 13.0. The summed E-state index contributed by atoms with van der Waals surface area (Å²) in [4.78, 5) is 24.5. The zero-order chi connectivity index (χ0) is 21.7. The summed E-state index contributed by atoms with van der Waals surface area (Å²) < 4.78 is 36.5. The number of benzene rings is 2. The van der Waals surface area contributed by atoms with Crippen molar-refractivity contribution < 1.29 is 27.5 Å². The van der Waals surface area contributed by atoms with Crippen LogP contribution < -0.4 is 14.8 Å². The third-order valence-corrected chi connectivity index (χ3v) is 6.48. The van der Waals surface area contributed by atoms with E-state index in [0.29, 0.717) is 5.75 Å². The van der Waals surface area contributed by atoms with Crippen molar-refractivity contribution in [3.63, 3.8) is 0 Å². The Morgan fingerprint density at radius 2 is 1.77 bits per heavy atom. The third kappa shape index (κ3) is 4.73. The molecule has 1 atom stereocenters. The van der Waals surface area contributed by atoms with E-state index in [1.54, 1.807) is 43.5 Å². The minimum atomic E-state index is -3.84. The zero-order valence-electron chi connectivity index (χ0n) is 16.8. The number of hydrogen-bond acceptors (Lipinski definition) is 6. The second kappa shape index (κ2) is 9.17. The SMILES string of the molecule is COc1ccc(OC[C@H](C)NC(=O)CCCN2C(=O)c3ccccc3S2(=O)=O)cc1. The van der Waals surface area contributed by atoms with Crippen molar-refractivity contribution in [2.45, 2.75) is 30.7 Å². The number of nitrogens with zero attached hydrogens (tertiary/aromatic N) is 1. The van der Waals surface area contributed by atoms with Gasteiger partial charge in [-0.3, -0.25) is 9.59 Å². The molecule has 1 N–H and O–H groups in total. The highest BCUT2D eigenvalue weighted by atomic mass is 32.2. The van der Waals surface area contributed by atoms with E-state index in [1.165, 1.54) is 12.1 Å². The molecule has 2 aromatic rings. The van der Waals surface area contributed by atoms with E-state index in [1.807, 2.05) is 6.92 Å². The number of amides is 2. The lowest BCUT2D eigenvalue weighted by atomic mass is 10.2. The topological polar surface area (TPSA) is 102 Å². The molecule has 0 saturated carbocycles. The largest absolute Gasteiger partial charge is 0.497 e. The third-order valence-electron chi connectivity index (χ3n) is 4.64. The maximum absolute atomic E-state index is 12.5. The molecular weight excluding hydrogens is 408 g/mol. The van der Waals surface area contributed by atoms with Gasteiger partial charge in [-0.15, -0.1) is 0 Å². The molecule has 30 heavy (non-hydrogen) atoms. The Balaban J connectivity index is 1.43. The van der Waals surface area contributed by atoms with Gasteiger partial charge < -0.3 is 14.8 Å². The minimum Gasteiger partial charge on any atom is -0.497 e. The monoisotopic (exact) mass is 432 g/mol. The first kappa shape index (κ1) is 21.6. The summed E-state index contributed by atoms with van der Waals surface area (Å²) in [5.41, 5.74) is 0.172. The standard InChI is InChI=1S/C21H24N2O6S/c1-15(14-29-17-11-9-16(28-2)10-12-17)22-20(24)8-5-13-23-21(25)18-6-3-4-7-19(18)30(23,26)27/h3-4,6-7,9-12,15H,5,8,13-14H2,1-2H3,(H,22,24)/t15-/m0/s1. The molecule has 2 aromatic carbocycles. The van der Waals surface area contributed by atoms with Crippen LogP contribution in [-0.2, 0) is 14.8 Å². The van der Waals surface area contributed by atoms with Gasteiger partial charge in [-0.05, 0) is 49.7 Å². The normalized spacial score (nSPS) is 15.4. The number of carbonyl (C=O) groups excluding carboxylic acids is 2. The fourth-order valence-electron chi connectivity index (χ4n) is 3.12. The lowest BCUT2D eigenvalue weighted by Crippen LogP contribution is -2.37. The molecule has 0 aromatic heterocycles. The van der Waals surface area contributed by atoms with Gasteiger partial charge in [0.15, 0.2) is 0 Å². The van der Waals surface area contributed by atoms with E-state index < -0.39 is 15.9 Å². The first-order chi connectivity index (χ1) is 14.3. The van der Waals surface area contributed by atoms with Crippen LogP contribution in [0.15, 0.2) is 53.4 Å². The molecule has 0 aliphatic carbocycles. The van der Waals surface area contributed by atoms with Gasteiger partial charge in [-0.25, -0.2) is 12.7 Å². The summed E-state index contributed by atoms with van der Waals surface area (Å²) in [6.07, 6.45) is 0.333. The first-order valence-corrected chi connectivity index (χ1v) is 11.0. The van der Waals surface area contributed by atoms with Crippen LogP contribution in [0.25, 0.3) is 0 Å². The van der Waals surface area contributed by atoms with Crippen LogP contribution in [0.1, 0.15) is 30.1 Å². The lowest BCUT2D eigenvalue weighted by Gasteiger charge is -2.17. The molecule has 0 bridgehead atoms. The van der Waals surface area contributed by atoms with E-state index >= 15 is 0 Å². The number of ether oxygens (including phenoxy) is 2. The number of nitrogens with one attached hydrogen (secondary N) is 1. The minimum absolute atomic E-state index is 0.0174. The molecule has 160 valence electrons. The molecule has 1 aliphatic heterocycles. The Morgan fingerprint density at radius 1 is 1.10 bits per heavy atom. The molecule has 1 heterocycles. The van der Waals surface area contributed by atoms with Gasteiger partial charge in [0.25, 0.3) is 15.9 Å². The summed E-state index contributed by atoms with van der Waals surface area (Å²) in [5, 5.41) is 2.81. The Bertz CT molecular complexity index is 1020. The maximum Gasteiger partial charge on any atom is 0.269 e. The second-order valence-electron chi connectivity index (χ2n) is 6.94. The number of rotatable bonds is 9. The van der Waals surface area contributed by atoms with Crippen LogP contribution in [-0.4, -0.2) is 50.8 Å². The van der Waals surface area contributed by atoms with E-state index in [0.717, 1.165) is 10.1 Å². The van der Waals surface area contributed by atoms with E-state index in [-0.39, 0.29) is 48.4 Å². The Kier molecular flexibility index (Phi) is 6.61. The fourth-order valence-corrected chi connectivity index (χ4v) is 4.72. The van der Waals surface area contributed by atoms with Gasteiger partial charge in [0.1, 0.15) is 23.0 Å². The van der Waals surface area contributed by atoms with Crippen LogP contribution in [0.2, 0.25) is 0 Å². The summed E-state index contributed by atoms with van der Waals surface area (Å²) >= 11 is 0. The zero-order valence-corrected chi connectivity index (χ0v) is 17.6. The van der Waals surface area contributed by atoms with Crippen molar-refractivity contribution in [1.29, 1.82) is 0 Å². The first-order valence-electron chi connectivity index (χ1n) is 9.55. The smallest absolute Gasteiger partial charge is 0.269 e. The average Bonchev–Trinajstić information content (AvgIpc) is 2.93. The van der Waals surface area contributed by atoms with Gasteiger partial charge in [0.2, 0.25) is 5.91 Å². The summed E-state index contributed by atoms with van der Waals surface area (Å²) in [7, 11) is -2.25. The van der Waals surface area contributed by atoms with Crippen LogP contribution in [0.5, 0.6) is 11.5 Å². The molecule has 1 aliphatic rings. The predicted molar refractivity (Wildman–Crippen MR) is 110 cm³/mol. The number of methoxy groups -OCH3 is 1. The van der Waals surface area contributed by atoms with Gasteiger partial charge in [0.05, 0.1) is 18.7 Å². The molecule has 0 radical (unpaired) electrons. The lowest BCUT2D eigenvalue weighted by molar-refractivity contribution is -0.122. The Hall–Kier alpha value is -3.07. The van der Waals surface area contributed by atoms with Crippen molar-refractivity contribution in [1.82, 2.24) is 9.62 Å². The van der Waals surface area contributed by atoms with E-state index in [2.05, 4.69) is 5.32 Å². The Labute approximate surface area is 175 Å². The van der Waals surface area contributed by atoms with Crippen molar-refractivity contribution in [3.8, 4) is 11.5 Å². The van der Waals surface area contributed by atoms with Crippen molar-refractivity contribution in [3.05, 3.63) is 54.1 Å². The fraction of sp³-hybridized carbons (Fsp3) is 0.333. The molecule has 2 amide bonds. The maximum atomic E-state index is 12.5. The highest BCUT2D eigenvalue weighted by Crippen LogP contribution is 2.30. The van der Waals surface area contributed by atoms with Gasteiger partial charge in [0, 0.05) is 13.0 Å². The van der Waals surface area contributed by atoms with Crippen LogP contribution >= 0.6 is 0 Å². The number of hydrogen-bond donors (Lipinski definition) is 1. The molecule has 0 unspecified atom stereocenters. The van der Waals surface area contributed by atoms with Gasteiger partial charge >= 0.3 is 0 Å². The molecular formula is C21H24N2O6S. The predicted octanol–water partition coefficient (Wildman–Crippen LogP) is 2.20. The van der Waals surface area contributed by atoms with Crippen LogP contribution in [0, 0.1) is 0 Å². The Morgan fingerprint density at radius 3 is 2.43 bits per heavy atom. The summed E-state index contributed by atoms with van der Waals surface area (Å²) in [6.45, 7) is 2.05. The number of fused-ring (bicyclic) bond motifs is 1. The molecule has 0 fully saturated rings. The number of carbonyl (C=O) groups is 2. The van der Waals surface area contributed by atoms with Crippen molar-refractivity contribution in [2.75, 3.05) is 20.3 Å². The highest BCUT2D eigenvalue weighted by Gasteiger charge is 2.40. The van der Waals surface area contributed by atoms with Crippen LogP contribution in [0.3, 0.4) is 0 Å². The van der Waals surface area contributed by atoms with E-state index in [9.17, 15) is 18.0 Å². The molecule has 9 heteroatoms. The highest BCUT2D eigenvalue weighted by molar-refractivity contribution is 7.90. The molecule has 3 rings (SSSR count).